The van der Waals surface area contributed by atoms with Gasteiger partial charge in [0.25, 0.3) is 0 Å². The topological polar surface area (TPSA) is 21.6 Å². The summed E-state index contributed by atoms with van der Waals surface area (Å²) in [5.41, 5.74) is 3.15. The number of hydrogen-bond acceptors (Lipinski definition) is 2. The molecular weight excluding hydrogens is 374 g/mol. The summed E-state index contributed by atoms with van der Waals surface area (Å²) in [5, 5.41) is 4.17. The number of benzene rings is 3. The lowest BCUT2D eigenvalue weighted by Crippen LogP contribution is -1.97. The van der Waals surface area contributed by atoms with E-state index in [2.05, 4.69) is 27.2 Å². The Labute approximate surface area is 156 Å². The van der Waals surface area contributed by atoms with E-state index in [1.165, 1.54) is 0 Å². The number of oxime groups is 1. The van der Waals surface area contributed by atoms with Gasteiger partial charge in [-0.2, -0.15) is 0 Å². The van der Waals surface area contributed by atoms with Gasteiger partial charge in [0.2, 0.25) is 0 Å². The minimum Gasteiger partial charge on any atom is -0.383 e. The van der Waals surface area contributed by atoms with Crippen LogP contribution in [0.5, 0.6) is 0 Å². The summed E-state index contributed by atoms with van der Waals surface area (Å²) in [7, 11) is 0. The molecule has 0 amide bonds. The second-order valence-corrected chi connectivity index (χ2v) is 6.32. The highest BCUT2D eigenvalue weighted by molar-refractivity contribution is 9.10. The number of nitrogens with zero attached hydrogens (tertiary/aromatic N) is 1. The van der Waals surface area contributed by atoms with Crippen molar-refractivity contribution in [1.29, 1.82) is 0 Å². The highest BCUT2D eigenvalue weighted by Gasteiger charge is 2.08. The maximum absolute atomic E-state index is 5.76. The van der Waals surface area contributed by atoms with E-state index < -0.39 is 0 Å². The molecule has 0 aliphatic heterocycles. The van der Waals surface area contributed by atoms with Crippen molar-refractivity contribution < 1.29 is 4.84 Å². The molecule has 0 N–H and O–H groups in total. The first-order valence-corrected chi connectivity index (χ1v) is 8.84. The van der Waals surface area contributed by atoms with Crippen LogP contribution in [-0.4, -0.2) is 6.21 Å². The maximum Gasteiger partial charge on any atom is 0.171 e. The van der Waals surface area contributed by atoms with Crippen LogP contribution in [-0.2, 0) is 4.84 Å². The number of hydrogen-bond donors (Lipinski definition) is 0. The van der Waals surface area contributed by atoms with Gasteiger partial charge in [-0.1, -0.05) is 106 Å². The summed E-state index contributed by atoms with van der Waals surface area (Å²) in [4.78, 5) is 5.76. The van der Waals surface area contributed by atoms with Crippen molar-refractivity contribution in [2.75, 3.05) is 0 Å². The van der Waals surface area contributed by atoms with Crippen LogP contribution in [0.1, 0.15) is 22.8 Å². The quantitative estimate of drug-likeness (QED) is 0.359. The SMILES string of the molecule is Brc1ccccc1/C=C/C(O/N=C/c1ccccc1)c1ccccc1. The van der Waals surface area contributed by atoms with Crippen molar-refractivity contribution in [2.24, 2.45) is 5.16 Å². The van der Waals surface area contributed by atoms with E-state index in [0.717, 1.165) is 21.2 Å². The summed E-state index contributed by atoms with van der Waals surface area (Å²) in [6.07, 6.45) is 5.52. The summed E-state index contributed by atoms with van der Waals surface area (Å²) < 4.78 is 1.05. The lowest BCUT2D eigenvalue weighted by Gasteiger charge is -2.11. The van der Waals surface area contributed by atoms with E-state index in [0.29, 0.717) is 0 Å². The molecule has 0 saturated carbocycles. The van der Waals surface area contributed by atoms with Crippen molar-refractivity contribution in [2.45, 2.75) is 6.10 Å². The van der Waals surface area contributed by atoms with Crippen LogP contribution in [0.3, 0.4) is 0 Å². The van der Waals surface area contributed by atoms with Gasteiger partial charge in [0, 0.05) is 4.47 Å². The Bertz CT molecular complexity index is 844. The largest absolute Gasteiger partial charge is 0.383 e. The zero-order chi connectivity index (χ0) is 17.3. The van der Waals surface area contributed by atoms with Crippen LogP contribution in [0.2, 0.25) is 0 Å². The average Bonchev–Trinajstić information content (AvgIpc) is 2.67. The molecule has 0 bridgehead atoms. The lowest BCUT2D eigenvalue weighted by molar-refractivity contribution is 0.0948. The van der Waals surface area contributed by atoms with Crippen molar-refractivity contribution in [3.63, 3.8) is 0 Å². The minimum atomic E-state index is -0.256. The Morgan fingerprint density at radius 1 is 0.800 bits per heavy atom. The van der Waals surface area contributed by atoms with Gasteiger partial charge in [-0.3, -0.25) is 0 Å². The Balaban J connectivity index is 1.78. The molecule has 3 aromatic carbocycles. The molecule has 2 nitrogen and oxygen atoms in total. The Morgan fingerprint density at radius 2 is 1.44 bits per heavy atom. The van der Waals surface area contributed by atoms with Crippen LogP contribution in [0, 0.1) is 0 Å². The summed E-state index contributed by atoms with van der Waals surface area (Å²) in [6.45, 7) is 0. The normalized spacial score (nSPS) is 12.5. The first-order valence-electron chi connectivity index (χ1n) is 8.05. The van der Waals surface area contributed by atoms with Crippen molar-refractivity contribution in [3.8, 4) is 0 Å². The molecule has 0 radical (unpaired) electrons. The molecule has 3 aromatic rings. The third-order valence-corrected chi connectivity index (χ3v) is 4.38. The van der Waals surface area contributed by atoms with E-state index in [1.807, 2.05) is 91.0 Å². The van der Waals surface area contributed by atoms with Gasteiger partial charge >= 0.3 is 0 Å². The number of rotatable bonds is 6. The molecule has 1 unspecified atom stereocenters. The molecule has 1 atom stereocenters. The number of halogens is 1. The third kappa shape index (κ3) is 5.16. The van der Waals surface area contributed by atoms with Crippen LogP contribution >= 0.6 is 15.9 Å². The van der Waals surface area contributed by atoms with Crippen molar-refractivity contribution >= 4 is 28.2 Å². The van der Waals surface area contributed by atoms with Gasteiger partial charge in [-0.15, -0.1) is 0 Å². The zero-order valence-electron chi connectivity index (χ0n) is 13.6. The molecule has 0 spiro atoms. The monoisotopic (exact) mass is 391 g/mol. The summed E-state index contributed by atoms with van der Waals surface area (Å²) in [6, 6.07) is 28.0. The van der Waals surface area contributed by atoms with Crippen LogP contribution in [0.15, 0.2) is 101 Å². The standard InChI is InChI=1S/C22H18BrNO/c23-21-14-8-7-11-19(21)15-16-22(20-12-5-2-6-13-20)25-24-17-18-9-3-1-4-10-18/h1-17,22H/b16-15+,24-17+. The van der Waals surface area contributed by atoms with E-state index in [4.69, 9.17) is 4.84 Å². The molecule has 25 heavy (non-hydrogen) atoms. The van der Waals surface area contributed by atoms with Crippen LogP contribution in [0.4, 0.5) is 0 Å². The lowest BCUT2D eigenvalue weighted by atomic mass is 10.1. The molecule has 3 heteroatoms. The van der Waals surface area contributed by atoms with E-state index in [9.17, 15) is 0 Å². The first-order chi connectivity index (χ1) is 12.3. The van der Waals surface area contributed by atoms with Crippen LogP contribution < -0.4 is 0 Å². The van der Waals surface area contributed by atoms with Gasteiger partial charge in [-0.25, -0.2) is 0 Å². The minimum absolute atomic E-state index is 0.256. The van der Waals surface area contributed by atoms with Gasteiger partial charge in [0.15, 0.2) is 6.10 Å². The molecule has 0 fully saturated rings. The fourth-order valence-corrected chi connectivity index (χ4v) is 2.76. The molecule has 0 saturated heterocycles. The van der Waals surface area contributed by atoms with E-state index in [-0.39, 0.29) is 6.10 Å². The van der Waals surface area contributed by atoms with Gasteiger partial charge in [0.1, 0.15) is 0 Å². The predicted octanol–water partition coefficient (Wildman–Crippen LogP) is 6.25. The molecule has 0 heterocycles. The second kappa shape index (κ2) is 9.00. The first kappa shape index (κ1) is 17.2. The van der Waals surface area contributed by atoms with Crippen molar-refractivity contribution in [3.05, 3.63) is 112 Å². The Hall–Kier alpha value is -2.65. The highest BCUT2D eigenvalue weighted by Crippen LogP contribution is 2.23. The zero-order valence-corrected chi connectivity index (χ0v) is 15.2. The molecule has 0 aliphatic rings. The fraction of sp³-hybridized carbons (Fsp3) is 0.0455. The molecular formula is C22H18BrNO. The predicted molar refractivity (Wildman–Crippen MR) is 107 cm³/mol. The maximum atomic E-state index is 5.76. The highest BCUT2D eigenvalue weighted by atomic mass is 79.9. The van der Waals surface area contributed by atoms with Gasteiger partial charge in [0.05, 0.1) is 6.21 Å². The summed E-state index contributed by atoms with van der Waals surface area (Å²) >= 11 is 3.56. The average molecular weight is 392 g/mol. The van der Waals surface area contributed by atoms with Crippen molar-refractivity contribution in [1.82, 2.24) is 0 Å². The fourth-order valence-electron chi connectivity index (χ4n) is 2.35. The van der Waals surface area contributed by atoms with Gasteiger partial charge in [-0.05, 0) is 28.8 Å². The van der Waals surface area contributed by atoms with E-state index in [1.54, 1.807) is 6.21 Å². The summed E-state index contributed by atoms with van der Waals surface area (Å²) in [5.74, 6) is 0. The molecule has 124 valence electrons. The Kier molecular flexibility index (Phi) is 6.18. The molecule has 0 aliphatic carbocycles. The van der Waals surface area contributed by atoms with Crippen LogP contribution in [0.25, 0.3) is 6.08 Å². The Morgan fingerprint density at radius 3 is 2.16 bits per heavy atom. The second-order valence-electron chi connectivity index (χ2n) is 5.46. The third-order valence-electron chi connectivity index (χ3n) is 3.66. The smallest absolute Gasteiger partial charge is 0.171 e. The molecule has 3 rings (SSSR count). The van der Waals surface area contributed by atoms with Gasteiger partial charge < -0.3 is 4.84 Å². The molecule has 0 aromatic heterocycles. The van der Waals surface area contributed by atoms with E-state index >= 15 is 0 Å².